The van der Waals surface area contributed by atoms with Crippen LogP contribution in [0.3, 0.4) is 0 Å². The molecule has 5 nitrogen and oxygen atoms in total. The van der Waals surface area contributed by atoms with E-state index in [-0.39, 0.29) is 5.39 Å². The molecule has 2 N–H and O–H groups in total. The Morgan fingerprint density at radius 2 is 1.77 bits per heavy atom. The molecule has 3 aromatic rings. The first-order chi connectivity index (χ1) is 12.2. The standard InChI is InChI=1S/C17H9BrF3NO4/c18-9-2-4-10(5-3-9)22-15(24)13-14(23)11-6-1-8(17(19,20)21)7-12(11)26-16(13)25/h1-7,23H,(H,22,24). The molecule has 134 valence electrons. The highest BCUT2D eigenvalue weighted by Gasteiger charge is 2.31. The van der Waals surface area contributed by atoms with Gasteiger partial charge in [0.1, 0.15) is 11.3 Å². The van der Waals surface area contributed by atoms with E-state index in [2.05, 4.69) is 21.2 Å². The van der Waals surface area contributed by atoms with E-state index < -0.39 is 40.2 Å². The quantitative estimate of drug-likeness (QED) is 0.588. The van der Waals surface area contributed by atoms with Gasteiger partial charge in [0.05, 0.1) is 10.9 Å². The average Bonchev–Trinajstić information content (AvgIpc) is 2.55. The number of hydrogen-bond donors (Lipinski definition) is 2. The van der Waals surface area contributed by atoms with Gasteiger partial charge in [-0.1, -0.05) is 15.9 Å². The van der Waals surface area contributed by atoms with Crippen molar-refractivity contribution in [2.24, 2.45) is 0 Å². The third-order valence-electron chi connectivity index (χ3n) is 3.54. The minimum Gasteiger partial charge on any atom is -0.506 e. The molecule has 0 aliphatic rings. The van der Waals surface area contributed by atoms with Crippen LogP contribution in [0.1, 0.15) is 15.9 Å². The maximum Gasteiger partial charge on any atom is 0.416 e. The van der Waals surface area contributed by atoms with Gasteiger partial charge in [0.15, 0.2) is 5.56 Å². The predicted octanol–water partition coefficient (Wildman–Crippen LogP) is 4.53. The first-order valence-electron chi connectivity index (χ1n) is 7.11. The molecule has 26 heavy (non-hydrogen) atoms. The van der Waals surface area contributed by atoms with E-state index in [9.17, 15) is 27.9 Å². The summed E-state index contributed by atoms with van der Waals surface area (Å²) in [5.41, 5.74) is -3.10. The molecule has 0 spiro atoms. The van der Waals surface area contributed by atoms with E-state index in [1.165, 1.54) is 0 Å². The summed E-state index contributed by atoms with van der Waals surface area (Å²) >= 11 is 3.23. The van der Waals surface area contributed by atoms with Crippen LogP contribution >= 0.6 is 15.9 Å². The molecule has 3 rings (SSSR count). The van der Waals surface area contributed by atoms with Gasteiger partial charge in [0, 0.05) is 10.2 Å². The molecular formula is C17H9BrF3NO4. The predicted molar refractivity (Wildman–Crippen MR) is 91.2 cm³/mol. The van der Waals surface area contributed by atoms with Gasteiger partial charge in [-0.2, -0.15) is 13.2 Å². The first-order valence-corrected chi connectivity index (χ1v) is 7.90. The second-order valence-corrected chi connectivity index (χ2v) is 6.20. The van der Waals surface area contributed by atoms with E-state index in [4.69, 9.17) is 4.42 Å². The highest BCUT2D eigenvalue weighted by Crippen LogP contribution is 2.34. The molecule has 0 aliphatic carbocycles. The van der Waals surface area contributed by atoms with Crippen LogP contribution in [0.15, 0.2) is 56.1 Å². The van der Waals surface area contributed by atoms with Gasteiger partial charge in [0.2, 0.25) is 0 Å². The number of carbonyl (C=O) groups excluding carboxylic acids is 1. The molecule has 1 aromatic heterocycles. The van der Waals surface area contributed by atoms with Crippen molar-refractivity contribution in [1.82, 2.24) is 0 Å². The van der Waals surface area contributed by atoms with Crippen molar-refractivity contribution >= 4 is 38.5 Å². The zero-order valence-electron chi connectivity index (χ0n) is 12.7. The summed E-state index contributed by atoms with van der Waals surface area (Å²) in [5, 5.41) is 12.4. The third-order valence-corrected chi connectivity index (χ3v) is 4.07. The fraction of sp³-hybridized carbons (Fsp3) is 0.0588. The Labute approximate surface area is 152 Å². The number of hydrogen-bond acceptors (Lipinski definition) is 4. The number of aromatic hydroxyl groups is 1. The summed E-state index contributed by atoms with van der Waals surface area (Å²) in [4.78, 5) is 24.3. The van der Waals surface area contributed by atoms with E-state index in [1.807, 2.05) is 0 Å². The molecule has 1 heterocycles. The highest BCUT2D eigenvalue weighted by molar-refractivity contribution is 9.10. The van der Waals surface area contributed by atoms with E-state index >= 15 is 0 Å². The van der Waals surface area contributed by atoms with Crippen molar-refractivity contribution in [2.75, 3.05) is 5.32 Å². The number of anilines is 1. The molecule has 0 atom stereocenters. The van der Waals surface area contributed by atoms with Gasteiger partial charge in [-0.25, -0.2) is 4.79 Å². The first kappa shape index (κ1) is 18.0. The lowest BCUT2D eigenvalue weighted by molar-refractivity contribution is -0.137. The highest BCUT2D eigenvalue weighted by atomic mass is 79.9. The van der Waals surface area contributed by atoms with Crippen molar-refractivity contribution in [3.05, 3.63) is 68.5 Å². The van der Waals surface area contributed by atoms with Crippen LogP contribution in [0.25, 0.3) is 11.0 Å². The van der Waals surface area contributed by atoms with Crippen molar-refractivity contribution in [2.45, 2.75) is 6.18 Å². The summed E-state index contributed by atoms with van der Waals surface area (Å²) in [5.74, 6) is -1.69. The second kappa shape index (κ2) is 6.49. The fourth-order valence-electron chi connectivity index (χ4n) is 2.29. The topological polar surface area (TPSA) is 79.5 Å². The number of fused-ring (bicyclic) bond motifs is 1. The van der Waals surface area contributed by atoms with Crippen LogP contribution in [0.2, 0.25) is 0 Å². The van der Waals surface area contributed by atoms with Crippen molar-refractivity contribution in [3.8, 4) is 5.75 Å². The number of benzene rings is 2. The van der Waals surface area contributed by atoms with E-state index in [1.54, 1.807) is 24.3 Å². The van der Waals surface area contributed by atoms with Gasteiger partial charge in [0.25, 0.3) is 5.91 Å². The van der Waals surface area contributed by atoms with Crippen LogP contribution in [-0.4, -0.2) is 11.0 Å². The Kier molecular flexibility index (Phi) is 4.49. The average molecular weight is 428 g/mol. The maximum absolute atomic E-state index is 12.7. The Bertz CT molecular complexity index is 1060. The van der Waals surface area contributed by atoms with E-state index in [0.29, 0.717) is 11.8 Å². The Balaban J connectivity index is 2.05. The van der Waals surface area contributed by atoms with Crippen LogP contribution < -0.4 is 10.9 Å². The fourth-order valence-corrected chi connectivity index (χ4v) is 2.55. The smallest absolute Gasteiger partial charge is 0.416 e. The molecule has 1 amide bonds. The molecule has 0 bridgehead atoms. The summed E-state index contributed by atoms with van der Waals surface area (Å²) in [6.07, 6.45) is -4.64. The maximum atomic E-state index is 12.7. The van der Waals surface area contributed by atoms with Crippen LogP contribution in [0.5, 0.6) is 5.75 Å². The van der Waals surface area contributed by atoms with Gasteiger partial charge >= 0.3 is 11.8 Å². The van der Waals surface area contributed by atoms with Crippen molar-refractivity contribution in [3.63, 3.8) is 0 Å². The van der Waals surface area contributed by atoms with Gasteiger partial charge in [-0.05, 0) is 42.5 Å². The molecule has 2 aromatic carbocycles. The molecule has 0 saturated heterocycles. The number of amides is 1. The summed E-state index contributed by atoms with van der Waals surface area (Å²) in [7, 11) is 0. The molecule has 0 fully saturated rings. The minimum atomic E-state index is -4.64. The number of nitrogens with one attached hydrogen (secondary N) is 1. The third kappa shape index (κ3) is 3.43. The summed E-state index contributed by atoms with van der Waals surface area (Å²) < 4.78 is 43.8. The van der Waals surface area contributed by atoms with Gasteiger partial charge < -0.3 is 14.8 Å². The van der Waals surface area contributed by atoms with Crippen molar-refractivity contribution in [1.29, 1.82) is 0 Å². The molecule has 9 heteroatoms. The summed E-state index contributed by atoms with van der Waals surface area (Å²) in [6, 6.07) is 8.65. The number of rotatable bonds is 2. The minimum absolute atomic E-state index is 0.182. The Hall–Kier alpha value is -2.81. The summed E-state index contributed by atoms with van der Waals surface area (Å²) in [6.45, 7) is 0. The molecular weight excluding hydrogens is 419 g/mol. The lowest BCUT2D eigenvalue weighted by Crippen LogP contribution is -2.21. The zero-order chi connectivity index (χ0) is 19.1. The number of carbonyl (C=O) groups is 1. The number of halogens is 4. The molecule has 0 radical (unpaired) electrons. The number of alkyl halides is 3. The van der Waals surface area contributed by atoms with Crippen LogP contribution in [0.4, 0.5) is 18.9 Å². The monoisotopic (exact) mass is 427 g/mol. The SMILES string of the molecule is O=C(Nc1ccc(Br)cc1)c1c(O)c2ccc(C(F)(F)F)cc2oc1=O. The molecule has 0 unspecified atom stereocenters. The zero-order valence-corrected chi connectivity index (χ0v) is 14.3. The van der Waals surface area contributed by atoms with E-state index in [0.717, 1.165) is 16.6 Å². The lowest BCUT2D eigenvalue weighted by atomic mass is 10.1. The normalized spacial score (nSPS) is 11.5. The van der Waals surface area contributed by atoms with Crippen molar-refractivity contribution < 1.29 is 27.5 Å². The van der Waals surface area contributed by atoms with Gasteiger partial charge in [-0.15, -0.1) is 0 Å². The molecule has 0 aliphatic heterocycles. The molecule has 0 saturated carbocycles. The van der Waals surface area contributed by atoms with Crippen LogP contribution in [-0.2, 0) is 6.18 Å². The largest absolute Gasteiger partial charge is 0.506 e. The van der Waals surface area contributed by atoms with Gasteiger partial charge in [-0.3, -0.25) is 4.79 Å². The lowest BCUT2D eigenvalue weighted by Gasteiger charge is -2.10. The second-order valence-electron chi connectivity index (χ2n) is 5.28. The Morgan fingerprint density at radius 3 is 2.38 bits per heavy atom. The van der Waals surface area contributed by atoms with Crippen LogP contribution in [0, 0.1) is 0 Å². The Morgan fingerprint density at radius 1 is 1.12 bits per heavy atom.